The van der Waals surface area contributed by atoms with Crippen LogP contribution in [0.2, 0.25) is 0 Å². The van der Waals surface area contributed by atoms with E-state index in [-0.39, 0.29) is 76.6 Å². The maximum Gasteiger partial charge on any atom is 0.323 e. The van der Waals surface area contributed by atoms with E-state index in [0.29, 0.717) is 63.1 Å². The summed E-state index contributed by atoms with van der Waals surface area (Å²) in [4.78, 5) is 293. The zero-order valence-electron chi connectivity index (χ0n) is 76.3. The molecule has 1 unspecified atom stereocenters. The number of aliphatic carboxylic acids is 4. The summed E-state index contributed by atoms with van der Waals surface area (Å²) in [6.07, 6.45) is -3.61. The lowest BCUT2D eigenvalue weighted by molar-refractivity contribution is -0.149. The maximum absolute atomic E-state index is 15.9. The molecule has 136 heavy (non-hydrogen) atoms. The maximum atomic E-state index is 15.9. The molecule has 3 aliphatic heterocycles. The second-order valence-corrected chi connectivity index (χ2v) is 34.9. The molecule has 3 aliphatic rings. The fourth-order valence-corrected chi connectivity index (χ4v) is 17.3. The number of phenolic OH excluding ortho intramolecular Hbond substituents is 1. The highest BCUT2D eigenvalue weighted by molar-refractivity contribution is 8.00. The van der Waals surface area contributed by atoms with E-state index in [1.165, 1.54) is 56.0 Å². The van der Waals surface area contributed by atoms with Crippen LogP contribution < -0.4 is 70.4 Å². The number of aromatic amines is 1. The van der Waals surface area contributed by atoms with Crippen molar-refractivity contribution in [3.05, 3.63) is 102 Å². The Morgan fingerprint density at radius 2 is 1.05 bits per heavy atom. The molecule has 46 nitrogen and oxygen atoms in total. The highest BCUT2D eigenvalue weighted by Crippen LogP contribution is 2.29. The molecule has 740 valence electrons. The van der Waals surface area contributed by atoms with Crippen molar-refractivity contribution in [2.75, 3.05) is 65.4 Å². The Kier molecular flexibility index (Phi) is 40.3. The van der Waals surface area contributed by atoms with Crippen molar-refractivity contribution in [3.8, 4) is 5.75 Å². The summed E-state index contributed by atoms with van der Waals surface area (Å²) in [7, 11) is 3.65. The number of rotatable bonds is 28. The number of carbonyl (C=O) groups excluding carboxylic acids is 16. The van der Waals surface area contributed by atoms with E-state index in [1.54, 1.807) is 68.6 Å². The number of H-pyrrole nitrogens is 1. The third-order valence-electron chi connectivity index (χ3n) is 23.9. The van der Waals surface area contributed by atoms with Gasteiger partial charge in [0.2, 0.25) is 94.5 Å². The monoisotopic (exact) mass is 1920 g/mol. The first-order chi connectivity index (χ1) is 64.6. The van der Waals surface area contributed by atoms with E-state index in [9.17, 15) is 93.0 Å². The predicted molar refractivity (Wildman–Crippen MR) is 488 cm³/mol. The van der Waals surface area contributed by atoms with Crippen LogP contribution in [0.5, 0.6) is 5.75 Å². The highest BCUT2D eigenvalue weighted by Gasteiger charge is 2.47. The standard InChI is InChI=1S/C89H122N20O26S/c1-7-9-19-66-82(128)97-56(27-29-72(114)115)78(124)103-64(77(123)94-41-70(92)112)45-136-46-71(113)95-60(34-48-23-25-51(110)26-24-48)85(131)104(4)47(3)76(122)100-62(38-74(118)119)88(134)108-33-15-22-67(108)83(129)102-63(39-91)81(127)98-58(28-30-73(116)117)87(133)109-43-52(111)37-69(109)84(130)99-59(35-49-40-93-55-18-13-11-16-53(49)55)80(126)96-57(31-32-90)79(125)101-61(86(132)106(6)68(20-10-8-2)89(135)105(66)5)36-50-42-107(44-75(120)121)65-21-14-12-17-54(50)65/h11-14,16-18,21,23-26,40,42,47,52,56-64,66-69,93,110-111H,7-10,15,19-20,22,27-39,41,43-46,90-91H2,1-6H3,(H2,92,112)(H,94,123)(H,95,113)(H,96,126)(H,97,128)(H,98,127)(H,99,130)(H,100,122)(H,101,125)(H,102,129)(H,103,124)(H,114,115)(H,116,117)(H,118,119)(H,120,121)/t47-,52+,56-,57-,58-,59-,60-,61-,62-,63-,64-,66-,67?,68-,69-/m0/s1. The molecular formula is C89H122N20O26S. The average molecular weight is 1920 g/mol. The number of para-hydroxylation sites is 2. The van der Waals surface area contributed by atoms with Crippen molar-refractivity contribution in [2.45, 2.75) is 234 Å². The Balaban J connectivity index is 1.21. The summed E-state index contributed by atoms with van der Waals surface area (Å²) < 4.78 is 1.39. The van der Waals surface area contributed by atoms with E-state index >= 15 is 33.6 Å². The van der Waals surface area contributed by atoms with Gasteiger partial charge in [0.1, 0.15) is 96.9 Å². The van der Waals surface area contributed by atoms with Crippen LogP contribution in [0.25, 0.3) is 21.8 Å². The molecule has 3 fully saturated rings. The summed E-state index contributed by atoms with van der Waals surface area (Å²) in [6.45, 7) is 1.44. The van der Waals surface area contributed by atoms with Crippen LogP contribution in [0, 0.1) is 0 Å². The number of aliphatic hydroxyl groups excluding tert-OH is 1. The fraction of sp³-hybridized carbons (Fsp3) is 0.528. The van der Waals surface area contributed by atoms with Crippen molar-refractivity contribution in [2.24, 2.45) is 17.2 Å². The molecule has 0 aliphatic carbocycles. The molecule has 47 heteroatoms. The molecule has 0 bridgehead atoms. The van der Waals surface area contributed by atoms with Crippen molar-refractivity contribution >= 4 is 152 Å². The molecule has 2 aromatic heterocycles. The number of thioether (sulfide) groups is 1. The minimum absolute atomic E-state index is 0.0844. The number of nitrogens with two attached hydrogens (primary N) is 3. The summed E-state index contributed by atoms with van der Waals surface area (Å²) in [5.74, 6) is -24.2. The molecule has 5 aromatic rings. The third kappa shape index (κ3) is 29.8. The summed E-state index contributed by atoms with van der Waals surface area (Å²) in [5, 5.41) is 87.9. The largest absolute Gasteiger partial charge is 0.508 e. The van der Waals surface area contributed by atoms with Gasteiger partial charge in [-0.05, 0) is 99.4 Å². The Bertz CT molecular complexity index is 5210. The second-order valence-electron chi connectivity index (χ2n) is 33.8. The Morgan fingerprint density at radius 1 is 0.515 bits per heavy atom. The molecule has 15 atom stereocenters. The van der Waals surface area contributed by atoms with Gasteiger partial charge in [0, 0.05) is 119 Å². The Labute approximate surface area is 785 Å². The molecule has 0 spiro atoms. The van der Waals surface area contributed by atoms with Crippen LogP contribution in [0.4, 0.5) is 0 Å². The summed E-state index contributed by atoms with van der Waals surface area (Å²) >= 11 is 0.669. The number of nitrogens with zero attached hydrogens (tertiary/aromatic N) is 6. The number of aromatic hydroxyl groups is 1. The number of aliphatic hydroxyl groups is 1. The van der Waals surface area contributed by atoms with Gasteiger partial charge in [-0.25, -0.2) is 0 Å². The van der Waals surface area contributed by atoms with Crippen LogP contribution in [-0.4, -0.2) is 339 Å². The minimum Gasteiger partial charge on any atom is -0.508 e. The molecular weight excluding hydrogens is 1800 g/mol. The number of aromatic nitrogens is 2. The number of carbonyl (C=O) groups is 20. The summed E-state index contributed by atoms with van der Waals surface area (Å²) in [6, 6.07) is -5.13. The molecule has 0 radical (unpaired) electrons. The highest BCUT2D eigenvalue weighted by atomic mass is 32.2. The minimum atomic E-state index is -1.97. The molecule has 23 N–H and O–H groups in total. The van der Waals surface area contributed by atoms with Gasteiger partial charge in [0.05, 0.1) is 24.8 Å². The van der Waals surface area contributed by atoms with E-state index in [0.717, 1.165) is 31.5 Å². The van der Waals surface area contributed by atoms with Crippen molar-refractivity contribution in [1.82, 2.24) is 87.2 Å². The number of unbranched alkanes of at least 4 members (excludes halogenated alkanes) is 2. The lowest BCUT2D eigenvalue weighted by Gasteiger charge is -2.36. The number of fused-ring (bicyclic) bond motifs is 4. The first-order valence-electron chi connectivity index (χ1n) is 44.7. The number of phenols is 1. The molecule has 8 rings (SSSR count). The van der Waals surface area contributed by atoms with Crippen LogP contribution >= 0.6 is 11.8 Å². The van der Waals surface area contributed by atoms with Crippen LogP contribution in [0.15, 0.2) is 85.2 Å². The first-order valence-corrected chi connectivity index (χ1v) is 45.9. The molecule has 0 saturated carbocycles. The lowest BCUT2D eigenvalue weighted by atomic mass is 9.99. The number of hydrogen-bond acceptors (Lipinski definition) is 25. The SMILES string of the molecule is CCCC[C@H]1C(=O)N(C)[C@@H](CCCC)C(=O)N[C@@H](CCC(=O)O)C(=O)N[C@H](C(=O)NCC(N)=O)CSCC(=O)N[C@@H](Cc2ccc(O)cc2)C(=O)N(C)[C@@H](C)C(=O)N[C@@H](CC(=O)O)C(=O)N2CCCC2C(=O)N[C@@H](CN)C(=O)N[C@@H](CCC(=O)O)C(=O)N2C[C@H](O)C[C@H]2C(=O)N[C@@H](Cc2c[nH]c3ccccc23)C(=O)N[C@@H](CCN)C(=O)N[C@@H](Cc2cn(CC(=O)O)c3ccccc23)C(=O)N1C. The van der Waals surface area contributed by atoms with Crippen molar-refractivity contribution in [3.63, 3.8) is 0 Å². The van der Waals surface area contributed by atoms with Crippen molar-refractivity contribution < 1.29 is 127 Å². The fourth-order valence-electron chi connectivity index (χ4n) is 16.4. The quantitative estimate of drug-likeness (QED) is 0.0227. The van der Waals surface area contributed by atoms with Gasteiger partial charge >= 0.3 is 23.9 Å². The zero-order chi connectivity index (χ0) is 100. The van der Waals surface area contributed by atoms with Crippen LogP contribution in [0.1, 0.15) is 134 Å². The summed E-state index contributed by atoms with van der Waals surface area (Å²) in [5.41, 5.74) is 19.7. The van der Waals surface area contributed by atoms with Crippen LogP contribution in [-0.2, 0) is 122 Å². The molecule has 3 saturated heterocycles. The molecule has 3 aromatic carbocycles. The normalized spacial score (nSPS) is 24.6. The Morgan fingerprint density at radius 3 is 1.69 bits per heavy atom. The first kappa shape index (κ1) is 108. The van der Waals surface area contributed by atoms with Gasteiger partial charge < -0.3 is 135 Å². The van der Waals surface area contributed by atoms with Gasteiger partial charge in [-0.15, -0.1) is 11.8 Å². The number of carboxylic acid groups (broad SMARTS) is 4. The average Bonchev–Trinajstić information content (AvgIpc) is 1.75. The number of benzene rings is 3. The van der Waals surface area contributed by atoms with Gasteiger partial charge in [0.15, 0.2) is 0 Å². The third-order valence-corrected chi connectivity index (χ3v) is 25.0. The van der Waals surface area contributed by atoms with E-state index in [2.05, 4.69) is 58.2 Å². The van der Waals surface area contributed by atoms with E-state index < -0.39 is 292 Å². The van der Waals surface area contributed by atoms with Gasteiger partial charge in [0.25, 0.3) is 0 Å². The van der Waals surface area contributed by atoms with Gasteiger partial charge in [-0.3, -0.25) is 95.9 Å². The molecule has 5 heterocycles. The number of amides is 16. The second kappa shape index (κ2) is 51.0. The van der Waals surface area contributed by atoms with E-state index in [4.69, 9.17) is 17.2 Å². The molecule has 16 amide bonds. The van der Waals surface area contributed by atoms with Gasteiger partial charge in [-0.1, -0.05) is 88.1 Å². The zero-order valence-corrected chi connectivity index (χ0v) is 77.1. The lowest BCUT2D eigenvalue weighted by Crippen LogP contribution is -2.61. The van der Waals surface area contributed by atoms with Crippen molar-refractivity contribution in [1.29, 1.82) is 0 Å². The number of likely N-dealkylation sites (N-methyl/N-ethyl adjacent to an activating group) is 3. The predicted octanol–water partition coefficient (Wildman–Crippen LogP) is -4.00. The number of hydrogen-bond donors (Lipinski definition) is 20. The smallest absolute Gasteiger partial charge is 0.323 e. The van der Waals surface area contributed by atoms with Gasteiger partial charge in [-0.2, -0.15) is 0 Å². The Hall–Kier alpha value is -13.8. The topological polar surface area (TPSA) is 698 Å². The number of carboxylic acids is 4. The number of nitrogens with one attached hydrogen (secondary N) is 11. The van der Waals surface area contributed by atoms with E-state index in [1.807, 2.05) is 0 Å². The number of primary amides is 1. The van der Waals surface area contributed by atoms with Crippen LogP contribution in [0.3, 0.4) is 0 Å².